The van der Waals surface area contributed by atoms with Crippen LogP contribution in [0.4, 0.5) is 5.69 Å². The van der Waals surface area contributed by atoms with Crippen molar-refractivity contribution in [3.63, 3.8) is 0 Å². The molecule has 0 saturated carbocycles. The number of aromatic nitrogens is 1. The Morgan fingerprint density at radius 3 is 2.38 bits per heavy atom. The van der Waals surface area contributed by atoms with Crippen molar-refractivity contribution in [1.82, 2.24) is 4.98 Å². The second kappa shape index (κ2) is 8.47. The van der Waals surface area contributed by atoms with Gasteiger partial charge in [-0.05, 0) is 25.1 Å². The number of fused-ring (bicyclic) bond motifs is 1. The van der Waals surface area contributed by atoms with E-state index in [1.807, 2.05) is 6.92 Å². The van der Waals surface area contributed by atoms with E-state index in [1.165, 1.54) is 20.4 Å². The van der Waals surface area contributed by atoms with E-state index < -0.39 is 11.8 Å². The van der Waals surface area contributed by atoms with Crippen LogP contribution in [0.2, 0.25) is 0 Å². The summed E-state index contributed by atoms with van der Waals surface area (Å²) in [5, 5.41) is 3.27. The number of rotatable bonds is 7. The molecule has 0 aliphatic rings. The largest absolute Gasteiger partial charge is 0.493 e. The molecule has 0 bridgehead atoms. The maximum absolute atomic E-state index is 13.0. The van der Waals surface area contributed by atoms with E-state index in [9.17, 15) is 9.59 Å². The van der Waals surface area contributed by atoms with E-state index in [4.69, 9.17) is 19.9 Å². The number of primary amides is 1. The highest BCUT2D eigenvalue weighted by molar-refractivity contribution is 6.15. The molecule has 0 aliphatic carbocycles. The van der Waals surface area contributed by atoms with Gasteiger partial charge in [0.15, 0.2) is 11.5 Å². The lowest BCUT2D eigenvalue weighted by Gasteiger charge is -2.16. The van der Waals surface area contributed by atoms with Gasteiger partial charge >= 0.3 is 0 Å². The molecular formula is C21H21N3O5. The Balaban J connectivity index is 2.15. The number of nitrogens with one attached hydrogen (secondary N) is 1. The van der Waals surface area contributed by atoms with Gasteiger partial charge in [0, 0.05) is 17.6 Å². The Bertz CT molecular complexity index is 1080. The van der Waals surface area contributed by atoms with Gasteiger partial charge in [-0.1, -0.05) is 12.1 Å². The molecule has 0 spiro atoms. The number of hydrogen-bond acceptors (Lipinski definition) is 6. The smallest absolute Gasteiger partial charge is 0.259 e. The van der Waals surface area contributed by atoms with E-state index in [1.54, 1.807) is 36.4 Å². The molecule has 0 unspecified atom stereocenters. The number of nitrogens with zero attached hydrogens (tertiary/aromatic N) is 1. The molecule has 0 fully saturated rings. The zero-order chi connectivity index (χ0) is 21.0. The minimum absolute atomic E-state index is 0.0759. The molecule has 3 N–H and O–H groups in total. The third kappa shape index (κ3) is 3.91. The lowest BCUT2D eigenvalue weighted by Crippen LogP contribution is -2.19. The van der Waals surface area contributed by atoms with Crippen molar-refractivity contribution in [2.45, 2.75) is 6.92 Å². The third-order valence-electron chi connectivity index (χ3n) is 4.31. The number of pyridine rings is 1. The van der Waals surface area contributed by atoms with Crippen molar-refractivity contribution < 1.29 is 23.8 Å². The lowest BCUT2D eigenvalue weighted by atomic mass is 10.1. The normalized spacial score (nSPS) is 10.4. The quantitative estimate of drug-likeness (QED) is 0.636. The molecule has 3 aromatic rings. The average molecular weight is 395 g/mol. The Hall–Kier alpha value is -3.81. The standard InChI is InChI=1S/C21H21N3O5/c1-4-29-16-8-6-5-7-12(16)21(26)24-19-13-9-17(27-2)18(28-3)10-15(13)23-11-14(19)20(22)25/h5-11H,4H2,1-3H3,(H2,22,25)(H,23,24,26). The summed E-state index contributed by atoms with van der Waals surface area (Å²) in [7, 11) is 3.00. The van der Waals surface area contributed by atoms with Crippen molar-refractivity contribution in [2.24, 2.45) is 5.73 Å². The highest BCUT2D eigenvalue weighted by Gasteiger charge is 2.20. The van der Waals surface area contributed by atoms with Crippen LogP contribution in [0, 0.1) is 0 Å². The molecule has 29 heavy (non-hydrogen) atoms. The van der Waals surface area contributed by atoms with Gasteiger partial charge in [0.2, 0.25) is 0 Å². The van der Waals surface area contributed by atoms with Crippen LogP contribution >= 0.6 is 0 Å². The average Bonchev–Trinajstić information content (AvgIpc) is 2.73. The van der Waals surface area contributed by atoms with E-state index in [0.29, 0.717) is 40.3 Å². The van der Waals surface area contributed by atoms with Gasteiger partial charge in [-0.15, -0.1) is 0 Å². The van der Waals surface area contributed by atoms with Crippen molar-refractivity contribution >= 4 is 28.4 Å². The summed E-state index contributed by atoms with van der Waals surface area (Å²) in [6.07, 6.45) is 1.32. The fraction of sp³-hybridized carbons (Fsp3) is 0.190. The van der Waals surface area contributed by atoms with Crippen LogP contribution in [-0.4, -0.2) is 37.6 Å². The molecule has 2 aromatic carbocycles. The first-order valence-corrected chi connectivity index (χ1v) is 8.87. The molecule has 150 valence electrons. The van der Waals surface area contributed by atoms with E-state index in [0.717, 1.165) is 0 Å². The fourth-order valence-electron chi connectivity index (χ4n) is 2.96. The first-order valence-electron chi connectivity index (χ1n) is 8.87. The molecule has 0 saturated heterocycles. The number of carbonyl (C=O) groups excluding carboxylic acids is 2. The molecule has 3 rings (SSSR count). The van der Waals surface area contributed by atoms with Gasteiger partial charge in [0.25, 0.3) is 11.8 Å². The van der Waals surface area contributed by atoms with Crippen LogP contribution in [0.5, 0.6) is 17.2 Å². The first kappa shape index (κ1) is 19.9. The Morgan fingerprint density at radius 1 is 1.03 bits per heavy atom. The van der Waals surface area contributed by atoms with E-state index >= 15 is 0 Å². The zero-order valence-electron chi connectivity index (χ0n) is 16.3. The summed E-state index contributed by atoms with van der Waals surface area (Å²) < 4.78 is 16.2. The summed E-state index contributed by atoms with van der Waals surface area (Å²) in [6, 6.07) is 10.1. The summed E-state index contributed by atoms with van der Waals surface area (Å²) in [5.41, 5.74) is 6.66. The number of carbonyl (C=O) groups is 2. The van der Waals surface area contributed by atoms with Crippen molar-refractivity contribution in [3.05, 3.63) is 53.7 Å². The second-order valence-corrected chi connectivity index (χ2v) is 6.02. The molecule has 0 atom stereocenters. The minimum Gasteiger partial charge on any atom is -0.493 e. The highest BCUT2D eigenvalue weighted by Crippen LogP contribution is 2.36. The van der Waals surface area contributed by atoms with E-state index in [2.05, 4.69) is 10.3 Å². The Morgan fingerprint density at radius 2 is 1.72 bits per heavy atom. The molecule has 0 radical (unpaired) electrons. The SMILES string of the molecule is CCOc1ccccc1C(=O)Nc1c(C(N)=O)cnc2cc(OC)c(OC)cc12. The van der Waals surface area contributed by atoms with E-state index in [-0.39, 0.29) is 11.3 Å². The van der Waals surface area contributed by atoms with Crippen molar-refractivity contribution in [1.29, 1.82) is 0 Å². The van der Waals surface area contributed by atoms with Gasteiger partial charge in [0.05, 0.1) is 43.2 Å². The molecule has 2 amide bonds. The molecule has 8 nitrogen and oxygen atoms in total. The predicted molar refractivity (Wildman–Crippen MR) is 109 cm³/mol. The zero-order valence-corrected chi connectivity index (χ0v) is 16.3. The summed E-state index contributed by atoms with van der Waals surface area (Å²) in [6.45, 7) is 2.24. The first-order chi connectivity index (χ1) is 14.0. The maximum atomic E-state index is 13.0. The summed E-state index contributed by atoms with van der Waals surface area (Å²) >= 11 is 0. The summed E-state index contributed by atoms with van der Waals surface area (Å²) in [5.74, 6) is 0.166. The van der Waals surface area contributed by atoms with Gasteiger partial charge in [-0.25, -0.2) is 0 Å². The maximum Gasteiger partial charge on any atom is 0.259 e. The highest BCUT2D eigenvalue weighted by atomic mass is 16.5. The fourth-order valence-corrected chi connectivity index (χ4v) is 2.96. The minimum atomic E-state index is -0.720. The van der Waals surface area contributed by atoms with Gasteiger partial charge in [0.1, 0.15) is 5.75 Å². The predicted octanol–water partition coefficient (Wildman–Crippen LogP) is 3.00. The molecule has 1 aromatic heterocycles. The number of nitrogens with two attached hydrogens (primary N) is 1. The number of hydrogen-bond donors (Lipinski definition) is 2. The van der Waals surface area contributed by atoms with Gasteiger partial charge in [-0.3, -0.25) is 14.6 Å². The number of anilines is 1. The van der Waals surface area contributed by atoms with Crippen LogP contribution in [0.15, 0.2) is 42.6 Å². The topological polar surface area (TPSA) is 113 Å². The Labute approximate surface area is 167 Å². The number of para-hydroxylation sites is 1. The number of amides is 2. The Kier molecular flexibility index (Phi) is 5.82. The van der Waals surface area contributed by atoms with Gasteiger partial charge in [-0.2, -0.15) is 0 Å². The van der Waals surface area contributed by atoms with Crippen molar-refractivity contribution in [2.75, 3.05) is 26.1 Å². The van der Waals surface area contributed by atoms with Crippen LogP contribution in [0.25, 0.3) is 10.9 Å². The van der Waals surface area contributed by atoms with Gasteiger partial charge < -0.3 is 25.3 Å². The number of methoxy groups -OCH3 is 2. The third-order valence-corrected chi connectivity index (χ3v) is 4.31. The number of benzene rings is 2. The van der Waals surface area contributed by atoms with Crippen LogP contribution < -0.4 is 25.3 Å². The second-order valence-electron chi connectivity index (χ2n) is 6.02. The molecule has 8 heteroatoms. The molecular weight excluding hydrogens is 374 g/mol. The molecule has 1 heterocycles. The lowest BCUT2D eigenvalue weighted by molar-refractivity contribution is 0.100. The number of ether oxygens (including phenoxy) is 3. The molecule has 0 aliphatic heterocycles. The van der Waals surface area contributed by atoms with Crippen LogP contribution in [0.3, 0.4) is 0 Å². The van der Waals surface area contributed by atoms with Crippen LogP contribution in [-0.2, 0) is 0 Å². The monoisotopic (exact) mass is 395 g/mol. The van der Waals surface area contributed by atoms with Crippen molar-refractivity contribution in [3.8, 4) is 17.2 Å². The summed E-state index contributed by atoms with van der Waals surface area (Å²) in [4.78, 5) is 29.2. The van der Waals surface area contributed by atoms with Crippen LogP contribution in [0.1, 0.15) is 27.6 Å².